The normalized spacial score (nSPS) is 11.7. The highest BCUT2D eigenvalue weighted by atomic mass is 79.9. The van der Waals surface area contributed by atoms with Crippen LogP contribution in [0.2, 0.25) is 0 Å². The van der Waals surface area contributed by atoms with E-state index in [4.69, 9.17) is 5.73 Å². The Kier molecular flexibility index (Phi) is 12.0. The summed E-state index contributed by atoms with van der Waals surface area (Å²) in [6.07, 6.45) is 2.07. The number of amidine groups is 1. The Morgan fingerprint density at radius 3 is 2.33 bits per heavy atom. The minimum Gasteiger partial charge on any atom is -0.383 e. The van der Waals surface area contributed by atoms with Crippen molar-refractivity contribution >= 4 is 27.7 Å². The van der Waals surface area contributed by atoms with Gasteiger partial charge in [-0.2, -0.15) is 0 Å². The Balaban J connectivity index is 0.00000210. The van der Waals surface area contributed by atoms with Crippen LogP contribution in [0.5, 0.6) is 0 Å². The summed E-state index contributed by atoms with van der Waals surface area (Å²) in [7, 11) is 3.48. The smallest absolute Gasteiger partial charge is 0.251 e. The maximum absolute atomic E-state index is 13.8. The first-order valence-electron chi connectivity index (χ1n) is 8.84. The van der Waals surface area contributed by atoms with E-state index in [1.807, 2.05) is 6.92 Å². The van der Waals surface area contributed by atoms with Gasteiger partial charge in [0.1, 0.15) is 17.5 Å². The van der Waals surface area contributed by atoms with Crippen molar-refractivity contribution < 1.29 is 9.18 Å². The Hall–Kier alpha value is -2.15. The van der Waals surface area contributed by atoms with Crippen molar-refractivity contribution in [3.8, 4) is 0 Å². The number of hydrogen-bond acceptors (Lipinski definition) is 3. The van der Waals surface area contributed by atoms with Gasteiger partial charge >= 0.3 is 0 Å². The van der Waals surface area contributed by atoms with Crippen LogP contribution in [-0.2, 0) is 4.79 Å². The van der Waals surface area contributed by atoms with Crippen molar-refractivity contribution in [2.24, 2.45) is 10.7 Å². The van der Waals surface area contributed by atoms with Gasteiger partial charge < -0.3 is 16.0 Å². The van der Waals surface area contributed by atoms with E-state index < -0.39 is 5.82 Å². The lowest BCUT2D eigenvalue weighted by molar-refractivity contribution is -0.117. The standard InChI is InChI=1S/C17H22BrFN4O.C3H8/c1-5-10-21-17(24)11(2)14(18)16(23(3)4)22-15(20)12-8-6-7-9-13(12)19;1-3-2/h6-9H,2,5,10H2,1,3-4H3,(H2,20,22)(H,21,24);3H2,1-2H3/b16-14+;. The molecule has 0 saturated carbocycles. The van der Waals surface area contributed by atoms with E-state index in [0.29, 0.717) is 16.8 Å². The van der Waals surface area contributed by atoms with Crippen LogP contribution >= 0.6 is 15.9 Å². The van der Waals surface area contributed by atoms with Crippen LogP contribution in [0.3, 0.4) is 0 Å². The van der Waals surface area contributed by atoms with Crippen molar-refractivity contribution in [1.82, 2.24) is 10.2 Å². The summed E-state index contributed by atoms with van der Waals surface area (Å²) in [6, 6.07) is 6.09. The number of hydrogen-bond donors (Lipinski definition) is 2. The molecule has 0 unspecified atom stereocenters. The number of nitrogens with two attached hydrogens (primary N) is 1. The fourth-order valence-electron chi connectivity index (χ4n) is 1.77. The van der Waals surface area contributed by atoms with E-state index in [-0.39, 0.29) is 22.9 Å². The maximum Gasteiger partial charge on any atom is 0.251 e. The van der Waals surface area contributed by atoms with Crippen molar-refractivity contribution in [1.29, 1.82) is 0 Å². The Labute approximate surface area is 170 Å². The van der Waals surface area contributed by atoms with Gasteiger partial charge in [-0.3, -0.25) is 4.79 Å². The molecule has 0 bridgehead atoms. The Morgan fingerprint density at radius 2 is 1.85 bits per heavy atom. The summed E-state index contributed by atoms with van der Waals surface area (Å²) >= 11 is 3.34. The molecule has 0 saturated heterocycles. The first-order valence-corrected chi connectivity index (χ1v) is 9.63. The summed E-state index contributed by atoms with van der Waals surface area (Å²) in [5.74, 6) is -0.391. The molecule has 0 fully saturated rings. The SMILES string of the molecule is C=C(C(=O)NCCC)/C(Br)=C(/N=C(\N)c1ccccc1F)N(C)C.CCC. The van der Waals surface area contributed by atoms with Crippen molar-refractivity contribution in [3.63, 3.8) is 0 Å². The van der Waals surface area contributed by atoms with E-state index in [9.17, 15) is 9.18 Å². The van der Waals surface area contributed by atoms with Crippen molar-refractivity contribution in [2.45, 2.75) is 33.6 Å². The van der Waals surface area contributed by atoms with Gasteiger partial charge in [-0.1, -0.05) is 45.9 Å². The molecule has 0 atom stereocenters. The topological polar surface area (TPSA) is 70.7 Å². The summed E-state index contributed by atoms with van der Waals surface area (Å²) in [4.78, 5) is 18.0. The molecule has 1 aromatic rings. The number of carbonyl (C=O) groups excluding carboxylic acids is 1. The van der Waals surface area contributed by atoms with Gasteiger partial charge in [0, 0.05) is 20.6 Å². The molecule has 27 heavy (non-hydrogen) atoms. The third kappa shape index (κ3) is 8.39. The maximum atomic E-state index is 13.8. The lowest BCUT2D eigenvalue weighted by Crippen LogP contribution is -2.26. The highest BCUT2D eigenvalue weighted by molar-refractivity contribution is 9.12. The number of amides is 1. The molecule has 1 aromatic carbocycles. The molecular formula is C20H30BrFN4O. The lowest BCUT2D eigenvalue weighted by Gasteiger charge is -2.17. The Morgan fingerprint density at radius 1 is 1.30 bits per heavy atom. The summed E-state index contributed by atoms with van der Waals surface area (Å²) < 4.78 is 14.2. The third-order valence-corrected chi connectivity index (χ3v) is 3.90. The first-order chi connectivity index (χ1) is 12.7. The third-order valence-electron chi connectivity index (χ3n) is 3.07. The van der Waals surface area contributed by atoms with E-state index in [2.05, 4.69) is 46.7 Å². The summed E-state index contributed by atoms with van der Waals surface area (Å²) in [5, 5.41) is 2.74. The number of nitrogens with one attached hydrogen (secondary N) is 1. The fraction of sp³-hybridized carbons (Fsp3) is 0.400. The molecule has 1 rings (SSSR count). The van der Waals surface area contributed by atoms with Crippen LogP contribution in [0.1, 0.15) is 39.2 Å². The van der Waals surface area contributed by atoms with Crippen LogP contribution in [0.25, 0.3) is 0 Å². The molecule has 0 aromatic heterocycles. The van der Waals surface area contributed by atoms with Crippen molar-refractivity contribution in [3.05, 3.63) is 58.1 Å². The average Bonchev–Trinajstić information content (AvgIpc) is 2.63. The molecular weight excluding hydrogens is 411 g/mol. The molecule has 0 aliphatic carbocycles. The second-order valence-electron chi connectivity index (χ2n) is 5.95. The zero-order valence-corrected chi connectivity index (χ0v) is 18.4. The predicted molar refractivity (Wildman–Crippen MR) is 115 cm³/mol. The number of halogens is 2. The van der Waals surface area contributed by atoms with E-state index >= 15 is 0 Å². The number of nitrogens with zero attached hydrogens (tertiary/aromatic N) is 2. The second kappa shape index (κ2) is 13.1. The van der Waals surface area contributed by atoms with Gasteiger partial charge in [0.25, 0.3) is 5.91 Å². The van der Waals surface area contributed by atoms with Crippen LogP contribution in [0.15, 0.2) is 51.7 Å². The molecule has 1 amide bonds. The van der Waals surface area contributed by atoms with E-state index in [1.54, 1.807) is 31.1 Å². The molecule has 3 N–H and O–H groups in total. The van der Waals surface area contributed by atoms with E-state index in [0.717, 1.165) is 6.42 Å². The zero-order valence-electron chi connectivity index (χ0n) is 16.8. The van der Waals surface area contributed by atoms with Crippen molar-refractivity contribution in [2.75, 3.05) is 20.6 Å². The molecule has 150 valence electrons. The molecule has 0 spiro atoms. The number of benzene rings is 1. The fourth-order valence-corrected chi connectivity index (χ4v) is 2.39. The molecule has 0 heterocycles. The van der Waals surface area contributed by atoms with Gasteiger partial charge in [0.05, 0.1) is 15.6 Å². The van der Waals surface area contributed by atoms with Crippen LogP contribution in [-0.4, -0.2) is 37.3 Å². The quantitative estimate of drug-likeness (QED) is 0.289. The number of rotatable bonds is 7. The summed E-state index contributed by atoms with van der Waals surface area (Å²) in [6.45, 7) is 10.5. The average molecular weight is 441 g/mol. The molecule has 0 aliphatic rings. The van der Waals surface area contributed by atoms with Crippen LogP contribution in [0.4, 0.5) is 4.39 Å². The molecule has 0 radical (unpaired) electrons. The predicted octanol–water partition coefficient (Wildman–Crippen LogP) is 4.16. The van der Waals surface area contributed by atoms with Gasteiger partial charge in [-0.15, -0.1) is 0 Å². The van der Waals surface area contributed by atoms with Gasteiger partial charge in [0.2, 0.25) is 0 Å². The Bertz CT molecular complexity index is 699. The minimum absolute atomic E-state index is 0.00974. The zero-order chi connectivity index (χ0) is 21.0. The largest absolute Gasteiger partial charge is 0.383 e. The molecule has 7 heteroatoms. The minimum atomic E-state index is -0.465. The molecule has 5 nitrogen and oxygen atoms in total. The number of aliphatic imine (C=N–C) groups is 1. The van der Waals surface area contributed by atoms with Crippen LogP contribution in [0, 0.1) is 5.82 Å². The second-order valence-corrected chi connectivity index (χ2v) is 6.74. The highest BCUT2D eigenvalue weighted by Gasteiger charge is 2.16. The first kappa shape index (κ1) is 24.8. The lowest BCUT2D eigenvalue weighted by atomic mass is 10.2. The van der Waals surface area contributed by atoms with Crippen LogP contribution < -0.4 is 11.1 Å². The van der Waals surface area contributed by atoms with E-state index in [1.165, 1.54) is 18.6 Å². The van der Waals surface area contributed by atoms with Gasteiger partial charge in [-0.05, 0) is 34.5 Å². The number of carbonyl (C=O) groups is 1. The summed E-state index contributed by atoms with van der Waals surface area (Å²) in [5.41, 5.74) is 6.34. The van der Waals surface area contributed by atoms with Gasteiger partial charge in [0.15, 0.2) is 0 Å². The highest BCUT2D eigenvalue weighted by Crippen LogP contribution is 2.23. The van der Waals surface area contributed by atoms with Gasteiger partial charge in [-0.25, -0.2) is 9.38 Å². The molecule has 0 aliphatic heterocycles. The monoisotopic (exact) mass is 440 g/mol.